The Labute approximate surface area is 173 Å². The van der Waals surface area contributed by atoms with Crippen molar-refractivity contribution in [1.29, 1.82) is 0 Å². The van der Waals surface area contributed by atoms with Gasteiger partial charge in [0, 0.05) is 0 Å². The van der Waals surface area contributed by atoms with Gasteiger partial charge in [-0.15, -0.1) is 0 Å². The molecule has 0 spiro atoms. The van der Waals surface area contributed by atoms with E-state index in [2.05, 4.69) is 44.0 Å². The lowest BCUT2D eigenvalue weighted by Gasteiger charge is -2.40. The maximum absolute atomic E-state index is 12.1. The Morgan fingerprint density at radius 1 is 1.23 bits per heavy atom. The van der Waals surface area contributed by atoms with E-state index >= 15 is 0 Å². The van der Waals surface area contributed by atoms with Crippen LogP contribution in [0.4, 0.5) is 0 Å². The SMILES string of the molecule is CCC(Br)(C(=O)O)C(Br)(CC=CCC12CCC(CC1)C2)c1ccccc1. The zero-order valence-corrected chi connectivity index (χ0v) is 18.6. The Kier molecular flexibility index (Phi) is 6.03. The molecule has 2 aliphatic rings. The number of benzene rings is 1. The van der Waals surface area contributed by atoms with Crippen LogP contribution in [0.1, 0.15) is 63.9 Å². The highest BCUT2D eigenvalue weighted by atomic mass is 79.9. The van der Waals surface area contributed by atoms with Crippen LogP contribution in [-0.2, 0) is 9.12 Å². The predicted octanol–water partition coefficient (Wildman–Crippen LogP) is 6.82. The van der Waals surface area contributed by atoms with Crippen LogP contribution in [0.25, 0.3) is 0 Å². The topological polar surface area (TPSA) is 37.3 Å². The first-order chi connectivity index (χ1) is 12.4. The van der Waals surface area contributed by atoms with Gasteiger partial charge in [0.25, 0.3) is 0 Å². The summed E-state index contributed by atoms with van der Waals surface area (Å²) >= 11 is 7.43. The van der Waals surface area contributed by atoms with Gasteiger partial charge in [-0.1, -0.05) is 81.3 Å². The minimum absolute atomic E-state index is 0.488. The van der Waals surface area contributed by atoms with Gasteiger partial charge in [0.1, 0.15) is 4.32 Å². The number of carboxylic acid groups (broad SMARTS) is 1. The van der Waals surface area contributed by atoms with Gasteiger partial charge in [0.15, 0.2) is 0 Å². The van der Waals surface area contributed by atoms with E-state index in [1.54, 1.807) is 0 Å². The molecule has 2 saturated carbocycles. The highest BCUT2D eigenvalue weighted by Crippen LogP contribution is 2.56. The van der Waals surface area contributed by atoms with Crippen LogP contribution >= 0.6 is 31.9 Å². The summed E-state index contributed by atoms with van der Waals surface area (Å²) in [6.45, 7) is 1.92. The van der Waals surface area contributed by atoms with Crippen LogP contribution in [0, 0.1) is 11.3 Å². The molecule has 3 rings (SSSR count). The Morgan fingerprint density at radius 2 is 1.88 bits per heavy atom. The van der Waals surface area contributed by atoms with Crippen molar-refractivity contribution in [2.24, 2.45) is 11.3 Å². The molecule has 2 fully saturated rings. The molecule has 1 aromatic carbocycles. The molecule has 0 saturated heterocycles. The van der Waals surface area contributed by atoms with E-state index in [1.165, 1.54) is 32.1 Å². The second-order valence-corrected chi connectivity index (χ2v) is 10.9. The van der Waals surface area contributed by atoms with E-state index < -0.39 is 14.6 Å². The monoisotopic (exact) mass is 482 g/mol. The Morgan fingerprint density at radius 3 is 2.38 bits per heavy atom. The lowest BCUT2D eigenvalue weighted by atomic mass is 9.79. The number of rotatable bonds is 8. The molecule has 0 amide bonds. The number of allylic oxidation sites excluding steroid dienone is 2. The van der Waals surface area contributed by atoms with Crippen molar-refractivity contribution in [3.63, 3.8) is 0 Å². The van der Waals surface area contributed by atoms with Crippen LogP contribution in [0.2, 0.25) is 0 Å². The summed E-state index contributed by atoms with van der Waals surface area (Å²) in [7, 11) is 0. The number of carbonyl (C=O) groups is 1. The standard InChI is InChI=1S/C22H28Br2O2/c1-2-21(23,19(25)26)22(24,18-8-4-3-5-9-18)13-7-6-12-20-14-10-17(16-20)11-15-20/h3-9,17H,2,10-16H2,1H3,(H,25,26). The van der Waals surface area contributed by atoms with Gasteiger partial charge >= 0.3 is 5.97 Å². The molecule has 26 heavy (non-hydrogen) atoms. The minimum Gasteiger partial charge on any atom is -0.480 e. The predicted molar refractivity (Wildman–Crippen MR) is 114 cm³/mol. The average molecular weight is 484 g/mol. The van der Waals surface area contributed by atoms with Crippen LogP contribution in [0.3, 0.4) is 0 Å². The molecule has 2 nitrogen and oxygen atoms in total. The van der Waals surface area contributed by atoms with Crippen molar-refractivity contribution in [3.8, 4) is 0 Å². The quantitative estimate of drug-likeness (QED) is 0.325. The number of carboxylic acids is 1. The van der Waals surface area contributed by atoms with Gasteiger partial charge in [-0.3, -0.25) is 4.79 Å². The van der Waals surface area contributed by atoms with Gasteiger partial charge in [-0.25, -0.2) is 0 Å². The van der Waals surface area contributed by atoms with Crippen molar-refractivity contribution >= 4 is 37.8 Å². The van der Waals surface area contributed by atoms with Gasteiger partial charge in [-0.2, -0.15) is 0 Å². The third-order valence-electron chi connectivity index (χ3n) is 6.69. The minimum atomic E-state index is -1.06. The fourth-order valence-corrected chi connectivity index (χ4v) is 6.28. The summed E-state index contributed by atoms with van der Waals surface area (Å²) < 4.78 is -1.75. The van der Waals surface area contributed by atoms with E-state index in [9.17, 15) is 9.90 Å². The molecular formula is C22H28Br2O2. The molecule has 0 heterocycles. The molecule has 2 bridgehead atoms. The van der Waals surface area contributed by atoms with Crippen LogP contribution in [-0.4, -0.2) is 15.4 Å². The third kappa shape index (κ3) is 3.56. The second kappa shape index (κ2) is 7.79. The third-order valence-corrected chi connectivity index (χ3v) is 10.3. The number of halogens is 2. The maximum atomic E-state index is 12.1. The molecule has 4 heteroatoms. The molecule has 142 valence electrons. The largest absolute Gasteiger partial charge is 0.480 e. The van der Waals surface area contributed by atoms with Crippen LogP contribution in [0.5, 0.6) is 0 Å². The summed E-state index contributed by atoms with van der Waals surface area (Å²) in [6.07, 6.45) is 13.7. The number of hydrogen-bond donors (Lipinski definition) is 1. The Hall–Kier alpha value is -0.610. The second-order valence-electron chi connectivity index (χ2n) is 8.15. The molecule has 0 radical (unpaired) electrons. The van der Waals surface area contributed by atoms with Crippen LogP contribution in [0.15, 0.2) is 42.5 Å². The smallest absolute Gasteiger partial charge is 0.322 e. The molecule has 2 unspecified atom stereocenters. The summed E-state index contributed by atoms with van der Waals surface area (Å²) in [5, 5.41) is 9.94. The number of hydrogen-bond acceptors (Lipinski definition) is 1. The van der Waals surface area contributed by atoms with E-state index in [-0.39, 0.29) is 0 Å². The molecule has 1 aromatic rings. The van der Waals surface area contributed by atoms with Crippen molar-refractivity contribution in [2.45, 2.75) is 66.9 Å². The normalized spacial score (nSPS) is 29.6. The molecule has 1 N–H and O–H groups in total. The fourth-order valence-electron chi connectivity index (χ4n) is 4.99. The lowest BCUT2D eigenvalue weighted by Crippen LogP contribution is -2.48. The lowest BCUT2D eigenvalue weighted by molar-refractivity contribution is -0.140. The average Bonchev–Trinajstić information content (AvgIpc) is 3.26. The van der Waals surface area contributed by atoms with Gasteiger partial charge in [0.05, 0.1) is 4.32 Å². The number of aliphatic carboxylic acids is 1. The van der Waals surface area contributed by atoms with E-state index in [1.807, 2.05) is 37.3 Å². The zero-order valence-electron chi connectivity index (χ0n) is 15.4. The van der Waals surface area contributed by atoms with E-state index in [0.29, 0.717) is 18.3 Å². The fraction of sp³-hybridized carbons (Fsp3) is 0.591. The highest BCUT2D eigenvalue weighted by Gasteiger charge is 2.53. The van der Waals surface area contributed by atoms with Crippen molar-refractivity contribution in [1.82, 2.24) is 0 Å². The van der Waals surface area contributed by atoms with E-state index in [0.717, 1.165) is 17.9 Å². The first kappa shape index (κ1) is 20.1. The summed E-state index contributed by atoms with van der Waals surface area (Å²) in [5.41, 5.74) is 1.53. The molecule has 2 atom stereocenters. The summed E-state index contributed by atoms with van der Waals surface area (Å²) in [6, 6.07) is 9.92. The van der Waals surface area contributed by atoms with Crippen molar-refractivity contribution in [2.75, 3.05) is 0 Å². The highest BCUT2D eigenvalue weighted by molar-refractivity contribution is 9.13. The number of alkyl halides is 2. The molecular weight excluding hydrogens is 456 g/mol. The van der Waals surface area contributed by atoms with Crippen LogP contribution < -0.4 is 0 Å². The first-order valence-corrected chi connectivity index (χ1v) is 11.3. The molecule has 2 aliphatic carbocycles. The van der Waals surface area contributed by atoms with Crippen molar-refractivity contribution < 1.29 is 9.90 Å². The van der Waals surface area contributed by atoms with Gasteiger partial charge in [-0.05, 0) is 68.3 Å². The number of fused-ring (bicyclic) bond motifs is 2. The Balaban J connectivity index is 1.80. The Bertz CT molecular complexity index is 664. The summed E-state index contributed by atoms with van der Waals surface area (Å²) in [5.74, 6) is 0.132. The maximum Gasteiger partial charge on any atom is 0.322 e. The van der Waals surface area contributed by atoms with Gasteiger partial charge < -0.3 is 5.11 Å². The molecule has 0 aromatic heterocycles. The van der Waals surface area contributed by atoms with E-state index in [4.69, 9.17) is 0 Å². The zero-order chi connectivity index (χ0) is 18.8. The molecule has 0 aliphatic heterocycles. The first-order valence-electron chi connectivity index (χ1n) is 9.67. The van der Waals surface area contributed by atoms with Crippen molar-refractivity contribution in [3.05, 3.63) is 48.0 Å². The summed E-state index contributed by atoms with van der Waals surface area (Å²) in [4.78, 5) is 12.1. The van der Waals surface area contributed by atoms with Gasteiger partial charge in [0.2, 0.25) is 0 Å².